The van der Waals surface area contributed by atoms with Crippen molar-refractivity contribution in [3.05, 3.63) is 0 Å². The van der Waals surface area contributed by atoms with Gasteiger partial charge in [0.05, 0.1) is 13.2 Å². The molecule has 0 aliphatic carbocycles. The van der Waals surface area contributed by atoms with Gasteiger partial charge in [-0.15, -0.1) is 0 Å². The van der Waals surface area contributed by atoms with Crippen molar-refractivity contribution in [1.82, 2.24) is 0 Å². The van der Waals surface area contributed by atoms with Gasteiger partial charge in [-0.25, -0.2) is 0 Å². The zero-order valence-electron chi connectivity index (χ0n) is 13.3. The highest BCUT2D eigenvalue weighted by Gasteiger charge is 2.50. The Balaban J connectivity index is 1.85. The summed E-state index contributed by atoms with van der Waals surface area (Å²) in [6.07, 6.45) is -0.873. The quantitative estimate of drug-likeness (QED) is 0.728. The van der Waals surface area contributed by atoms with E-state index in [9.17, 15) is 4.79 Å². The molecule has 0 amide bonds. The first-order valence-corrected chi connectivity index (χ1v) is 7.71. The van der Waals surface area contributed by atoms with Gasteiger partial charge in [-0.1, -0.05) is 27.7 Å². The van der Waals surface area contributed by atoms with E-state index in [1.54, 1.807) is 0 Å². The van der Waals surface area contributed by atoms with E-state index < -0.39 is 12.0 Å². The molecule has 0 aromatic rings. The highest BCUT2D eigenvalue weighted by Crippen LogP contribution is 2.31. The summed E-state index contributed by atoms with van der Waals surface area (Å²) in [5, 5.41) is 0. The topological polar surface area (TPSA) is 80.0 Å². The van der Waals surface area contributed by atoms with Crippen LogP contribution in [-0.4, -0.2) is 56.2 Å². The van der Waals surface area contributed by atoms with E-state index in [1.807, 2.05) is 13.8 Å². The largest absolute Gasteiger partial charge is 0.456 e. The van der Waals surface area contributed by atoms with Gasteiger partial charge in [0.15, 0.2) is 6.10 Å². The van der Waals surface area contributed by atoms with E-state index in [1.165, 1.54) is 0 Å². The minimum atomic E-state index is -0.613. The predicted molar refractivity (Wildman–Crippen MR) is 76.8 cm³/mol. The Bertz CT molecular complexity index is 360. The Hall–Kier alpha value is -0.690. The zero-order chi connectivity index (χ0) is 15.6. The molecule has 0 aromatic carbocycles. The van der Waals surface area contributed by atoms with Crippen LogP contribution in [0.2, 0.25) is 0 Å². The van der Waals surface area contributed by atoms with Crippen molar-refractivity contribution in [3.63, 3.8) is 0 Å². The summed E-state index contributed by atoms with van der Waals surface area (Å²) in [6, 6.07) is -0.613. The summed E-state index contributed by atoms with van der Waals surface area (Å²) in [4.78, 5) is 11.9. The molecule has 2 saturated heterocycles. The van der Waals surface area contributed by atoms with Gasteiger partial charge < -0.3 is 24.7 Å². The van der Waals surface area contributed by atoms with E-state index in [2.05, 4.69) is 13.8 Å². The second-order valence-corrected chi connectivity index (χ2v) is 6.61. The Morgan fingerprint density at radius 2 is 1.71 bits per heavy atom. The number of carbonyl (C=O) groups excluding carboxylic acids is 1. The summed E-state index contributed by atoms with van der Waals surface area (Å²) in [6.45, 7) is 9.47. The van der Waals surface area contributed by atoms with Crippen LogP contribution in [0.15, 0.2) is 0 Å². The first-order chi connectivity index (χ1) is 9.90. The fourth-order valence-corrected chi connectivity index (χ4v) is 2.49. The van der Waals surface area contributed by atoms with Crippen LogP contribution in [0.1, 0.15) is 27.7 Å². The number of carbonyl (C=O) groups is 1. The van der Waals surface area contributed by atoms with Crippen molar-refractivity contribution in [2.24, 2.45) is 17.6 Å². The fourth-order valence-electron chi connectivity index (χ4n) is 2.49. The molecule has 2 rings (SSSR count). The molecule has 0 spiro atoms. The third-order valence-corrected chi connectivity index (χ3v) is 3.86. The number of esters is 1. The molecule has 5 atom stereocenters. The molecule has 0 aromatic heterocycles. The van der Waals surface area contributed by atoms with Crippen molar-refractivity contribution in [2.75, 3.05) is 19.8 Å². The number of nitrogens with two attached hydrogens (primary N) is 1. The monoisotopic (exact) mass is 301 g/mol. The standard InChI is InChI=1S/C15H27NO5/c1-8(2)5-18-10-6-19-14-11(7-20-13(10)14)21-15(17)12(16)9(3)4/h8-14H,5-7,16H2,1-4H3/t10-,11-,12+,13-,14-/m1/s1. The maximum atomic E-state index is 11.9. The summed E-state index contributed by atoms with van der Waals surface area (Å²) in [5.41, 5.74) is 5.80. The lowest BCUT2D eigenvalue weighted by Gasteiger charge is -2.20. The second-order valence-electron chi connectivity index (χ2n) is 6.61. The van der Waals surface area contributed by atoms with E-state index in [0.717, 1.165) is 0 Å². The van der Waals surface area contributed by atoms with Gasteiger partial charge >= 0.3 is 5.97 Å². The van der Waals surface area contributed by atoms with Crippen molar-refractivity contribution in [3.8, 4) is 0 Å². The minimum Gasteiger partial charge on any atom is -0.456 e. The molecule has 2 fully saturated rings. The molecular formula is C15H27NO5. The second kappa shape index (κ2) is 7.05. The van der Waals surface area contributed by atoms with Gasteiger partial charge in [0.2, 0.25) is 0 Å². The summed E-state index contributed by atoms with van der Waals surface area (Å²) < 4.78 is 22.7. The van der Waals surface area contributed by atoms with Crippen molar-refractivity contribution >= 4 is 5.97 Å². The summed E-state index contributed by atoms with van der Waals surface area (Å²) in [5.74, 6) is 0.111. The first kappa shape index (κ1) is 16.7. The molecular weight excluding hydrogens is 274 g/mol. The third kappa shape index (κ3) is 3.94. The number of hydrogen-bond acceptors (Lipinski definition) is 6. The van der Waals surface area contributed by atoms with Gasteiger partial charge in [0, 0.05) is 6.61 Å². The molecule has 0 unspecified atom stereocenters. The van der Waals surface area contributed by atoms with Crippen molar-refractivity contribution in [2.45, 2.75) is 58.2 Å². The minimum absolute atomic E-state index is 0.0437. The number of fused-ring (bicyclic) bond motifs is 1. The highest BCUT2D eigenvalue weighted by molar-refractivity contribution is 5.76. The summed E-state index contributed by atoms with van der Waals surface area (Å²) in [7, 11) is 0. The average Bonchev–Trinajstić information content (AvgIpc) is 2.98. The molecule has 21 heavy (non-hydrogen) atoms. The van der Waals surface area contributed by atoms with Crippen molar-refractivity contribution < 1.29 is 23.7 Å². The molecule has 0 saturated carbocycles. The van der Waals surface area contributed by atoms with E-state index in [4.69, 9.17) is 24.7 Å². The third-order valence-electron chi connectivity index (χ3n) is 3.86. The van der Waals surface area contributed by atoms with Crippen molar-refractivity contribution in [1.29, 1.82) is 0 Å². The number of ether oxygens (including phenoxy) is 4. The Labute approximate surface area is 126 Å². The predicted octanol–water partition coefficient (Wildman–Crippen LogP) is 0.720. The van der Waals surface area contributed by atoms with Gasteiger partial charge in [-0.05, 0) is 11.8 Å². The lowest BCUT2D eigenvalue weighted by Crippen LogP contribution is -2.42. The maximum Gasteiger partial charge on any atom is 0.323 e. The van der Waals surface area contributed by atoms with Crippen LogP contribution in [0.4, 0.5) is 0 Å². The smallest absolute Gasteiger partial charge is 0.323 e. The average molecular weight is 301 g/mol. The van der Waals surface area contributed by atoms with Crippen LogP contribution in [-0.2, 0) is 23.7 Å². The van der Waals surface area contributed by atoms with Gasteiger partial charge in [0.25, 0.3) is 0 Å². The zero-order valence-corrected chi connectivity index (χ0v) is 13.3. The Kier molecular flexibility index (Phi) is 5.60. The maximum absolute atomic E-state index is 11.9. The normalized spacial score (nSPS) is 33.5. The van der Waals surface area contributed by atoms with Crippen LogP contribution in [0, 0.1) is 11.8 Å². The SMILES string of the molecule is CC(C)CO[C@@H]1CO[C@H]2[C@@H]1OC[C@H]2OC(=O)[C@@H](N)C(C)C. The Morgan fingerprint density at radius 1 is 1.14 bits per heavy atom. The molecule has 122 valence electrons. The van der Waals surface area contributed by atoms with Crippen LogP contribution < -0.4 is 5.73 Å². The van der Waals surface area contributed by atoms with Gasteiger partial charge in [-0.2, -0.15) is 0 Å². The lowest BCUT2D eigenvalue weighted by atomic mass is 10.1. The molecule has 0 bridgehead atoms. The van der Waals surface area contributed by atoms with Crippen LogP contribution >= 0.6 is 0 Å². The molecule has 2 aliphatic rings. The first-order valence-electron chi connectivity index (χ1n) is 7.71. The molecule has 2 heterocycles. The fraction of sp³-hybridized carbons (Fsp3) is 0.933. The van der Waals surface area contributed by atoms with Gasteiger partial charge in [-0.3, -0.25) is 4.79 Å². The van der Waals surface area contributed by atoms with E-state index in [0.29, 0.717) is 25.7 Å². The van der Waals surface area contributed by atoms with E-state index in [-0.39, 0.29) is 30.3 Å². The number of hydrogen-bond donors (Lipinski definition) is 1. The lowest BCUT2D eigenvalue weighted by molar-refractivity contribution is -0.156. The summed E-state index contributed by atoms with van der Waals surface area (Å²) >= 11 is 0. The molecule has 6 nitrogen and oxygen atoms in total. The Morgan fingerprint density at radius 3 is 2.29 bits per heavy atom. The van der Waals surface area contributed by atoms with Gasteiger partial charge in [0.1, 0.15) is 24.4 Å². The molecule has 0 radical (unpaired) electrons. The van der Waals surface area contributed by atoms with Crippen LogP contribution in [0.5, 0.6) is 0 Å². The molecule has 2 aliphatic heterocycles. The number of rotatable bonds is 6. The molecule has 6 heteroatoms. The van der Waals surface area contributed by atoms with Crippen LogP contribution in [0.25, 0.3) is 0 Å². The van der Waals surface area contributed by atoms with Crippen LogP contribution in [0.3, 0.4) is 0 Å². The van der Waals surface area contributed by atoms with E-state index >= 15 is 0 Å². The highest BCUT2D eigenvalue weighted by atomic mass is 16.7. The molecule has 2 N–H and O–H groups in total.